The number of amides is 1. The van der Waals surface area contributed by atoms with E-state index in [0.717, 1.165) is 0 Å². The summed E-state index contributed by atoms with van der Waals surface area (Å²) in [4.78, 5) is 11.5. The van der Waals surface area contributed by atoms with E-state index in [2.05, 4.69) is 11.9 Å². The molecule has 0 atom stereocenters. The molecular formula is C10H9Cl2NO. The predicted molar refractivity (Wildman–Crippen MR) is 58.8 cm³/mol. The average Bonchev–Trinajstić information content (AvgIpc) is 2.15. The second-order valence-electron chi connectivity index (χ2n) is 2.68. The van der Waals surface area contributed by atoms with Crippen molar-refractivity contribution in [2.75, 3.05) is 6.54 Å². The first-order valence-electron chi connectivity index (χ1n) is 3.97. The van der Waals surface area contributed by atoms with E-state index in [1.54, 1.807) is 24.3 Å². The summed E-state index contributed by atoms with van der Waals surface area (Å²) in [5, 5.41) is 3.39. The first kappa shape index (κ1) is 11.1. The fraction of sp³-hybridized carbons (Fsp3) is 0.100. The third-order valence-corrected chi connectivity index (χ3v) is 2.02. The molecule has 1 rings (SSSR count). The molecule has 1 aromatic rings. The van der Waals surface area contributed by atoms with Crippen LogP contribution in [0, 0.1) is 0 Å². The molecule has 0 fully saturated rings. The van der Waals surface area contributed by atoms with Crippen molar-refractivity contribution in [2.45, 2.75) is 0 Å². The van der Waals surface area contributed by atoms with Crippen LogP contribution in [-0.4, -0.2) is 12.5 Å². The maximum Gasteiger partial charge on any atom is 0.253 e. The van der Waals surface area contributed by atoms with Crippen LogP contribution < -0.4 is 5.32 Å². The maximum absolute atomic E-state index is 11.5. The second-order valence-corrected chi connectivity index (χ2v) is 3.62. The van der Waals surface area contributed by atoms with E-state index in [1.807, 2.05) is 0 Å². The van der Waals surface area contributed by atoms with E-state index in [4.69, 9.17) is 23.2 Å². The third kappa shape index (κ3) is 3.05. The van der Waals surface area contributed by atoms with E-state index in [1.165, 1.54) is 0 Å². The van der Waals surface area contributed by atoms with Crippen LogP contribution >= 0.6 is 23.2 Å². The number of rotatable bonds is 3. The highest BCUT2D eigenvalue weighted by atomic mass is 35.5. The van der Waals surface area contributed by atoms with Crippen LogP contribution in [0.15, 0.2) is 35.9 Å². The fourth-order valence-corrected chi connectivity index (χ4v) is 1.21. The van der Waals surface area contributed by atoms with Crippen LogP contribution in [0.4, 0.5) is 0 Å². The molecule has 0 saturated carbocycles. The van der Waals surface area contributed by atoms with Crippen LogP contribution in [0.25, 0.3) is 0 Å². The Kier molecular flexibility index (Phi) is 3.98. The van der Waals surface area contributed by atoms with Crippen molar-refractivity contribution >= 4 is 29.1 Å². The third-order valence-electron chi connectivity index (χ3n) is 1.56. The molecule has 0 unspecified atom stereocenters. The molecular weight excluding hydrogens is 221 g/mol. The number of carbonyl (C=O) groups is 1. The van der Waals surface area contributed by atoms with Crippen molar-refractivity contribution in [3.63, 3.8) is 0 Å². The van der Waals surface area contributed by atoms with E-state index < -0.39 is 0 Å². The molecule has 1 amide bonds. The van der Waals surface area contributed by atoms with Crippen molar-refractivity contribution < 1.29 is 4.79 Å². The van der Waals surface area contributed by atoms with Crippen LogP contribution in [0.5, 0.6) is 0 Å². The van der Waals surface area contributed by atoms with Gasteiger partial charge >= 0.3 is 0 Å². The molecule has 0 aliphatic rings. The van der Waals surface area contributed by atoms with Gasteiger partial charge in [-0.2, -0.15) is 0 Å². The summed E-state index contributed by atoms with van der Waals surface area (Å²) >= 11 is 11.3. The monoisotopic (exact) mass is 229 g/mol. The Balaban J connectivity index is 2.70. The fourth-order valence-electron chi connectivity index (χ4n) is 0.917. The first-order valence-corrected chi connectivity index (χ1v) is 4.73. The van der Waals surface area contributed by atoms with E-state index >= 15 is 0 Å². The van der Waals surface area contributed by atoms with Gasteiger partial charge in [0.25, 0.3) is 5.91 Å². The topological polar surface area (TPSA) is 29.1 Å². The molecule has 0 heterocycles. The second kappa shape index (κ2) is 5.03. The number of hydrogen-bond donors (Lipinski definition) is 1. The Morgan fingerprint density at radius 2 is 2.07 bits per heavy atom. The molecule has 1 aromatic carbocycles. The van der Waals surface area contributed by atoms with Crippen molar-refractivity contribution in [3.8, 4) is 0 Å². The summed E-state index contributed by atoms with van der Waals surface area (Å²) in [6.07, 6.45) is 0. The molecule has 0 aromatic heterocycles. The van der Waals surface area contributed by atoms with Crippen molar-refractivity contribution in [3.05, 3.63) is 46.5 Å². The van der Waals surface area contributed by atoms with Gasteiger partial charge in [0.2, 0.25) is 0 Å². The number of hydrogen-bond acceptors (Lipinski definition) is 1. The average molecular weight is 230 g/mol. The molecule has 1 N–H and O–H groups in total. The summed E-state index contributed by atoms with van der Waals surface area (Å²) in [5.74, 6) is -0.252. The van der Waals surface area contributed by atoms with E-state index in [0.29, 0.717) is 15.6 Å². The zero-order chi connectivity index (χ0) is 10.6. The van der Waals surface area contributed by atoms with Crippen LogP contribution in [0.3, 0.4) is 0 Å². The lowest BCUT2D eigenvalue weighted by Gasteiger charge is -2.04. The van der Waals surface area contributed by atoms with Crippen LogP contribution in [0.2, 0.25) is 5.02 Å². The number of carbonyl (C=O) groups excluding carboxylic acids is 1. The van der Waals surface area contributed by atoms with Crippen molar-refractivity contribution in [2.24, 2.45) is 0 Å². The molecule has 0 aliphatic heterocycles. The zero-order valence-electron chi connectivity index (χ0n) is 7.39. The summed E-state index contributed by atoms with van der Waals surface area (Å²) < 4.78 is 0. The summed E-state index contributed by atoms with van der Waals surface area (Å²) in [6, 6.07) is 6.82. The quantitative estimate of drug-likeness (QED) is 0.849. The van der Waals surface area contributed by atoms with Gasteiger partial charge in [-0.25, -0.2) is 0 Å². The highest BCUT2D eigenvalue weighted by Gasteiger charge is 2.08. The van der Waals surface area contributed by atoms with E-state index in [-0.39, 0.29) is 12.5 Å². The van der Waals surface area contributed by atoms with Gasteiger partial charge < -0.3 is 5.32 Å². The molecule has 0 radical (unpaired) electrons. The number of halogens is 2. The zero-order valence-corrected chi connectivity index (χ0v) is 8.90. The smallest absolute Gasteiger partial charge is 0.253 e. The van der Waals surface area contributed by atoms with E-state index in [9.17, 15) is 4.79 Å². The minimum Gasteiger partial charge on any atom is -0.347 e. The molecule has 74 valence electrons. The molecule has 2 nitrogen and oxygen atoms in total. The minimum absolute atomic E-state index is 0.242. The molecule has 0 bridgehead atoms. The van der Waals surface area contributed by atoms with Gasteiger partial charge in [-0.1, -0.05) is 41.9 Å². The lowest BCUT2D eigenvalue weighted by molar-refractivity contribution is 0.0958. The Morgan fingerprint density at radius 3 is 2.64 bits per heavy atom. The summed E-state index contributed by atoms with van der Waals surface area (Å²) in [7, 11) is 0. The van der Waals surface area contributed by atoms with Gasteiger partial charge in [0.05, 0.1) is 17.1 Å². The molecule has 14 heavy (non-hydrogen) atoms. The van der Waals surface area contributed by atoms with Crippen molar-refractivity contribution in [1.82, 2.24) is 5.32 Å². The van der Waals surface area contributed by atoms with Gasteiger partial charge in [0.15, 0.2) is 0 Å². The Labute approximate surface area is 92.5 Å². The lowest BCUT2D eigenvalue weighted by atomic mass is 10.2. The normalized spacial score (nSPS) is 9.57. The summed E-state index contributed by atoms with van der Waals surface area (Å²) in [6.45, 7) is 3.70. The highest BCUT2D eigenvalue weighted by molar-refractivity contribution is 6.34. The largest absolute Gasteiger partial charge is 0.347 e. The molecule has 0 spiro atoms. The Hall–Kier alpha value is -0.990. The summed E-state index contributed by atoms with van der Waals surface area (Å²) in [5.41, 5.74) is 0.437. The Bertz CT molecular complexity index is 363. The molecule has 0 aliphatic carbocycles. The van der Waals surface area contributed by atoms with Crippen molar-refractivity contribution in [1.29, 1.82) is 0 Å². The lowest BCUT2D eigenvalue weighted by Crippen LogP contribution is -2.24. The predicted octanol–water partition coefficient (Wildman–Crippen LogP) is 2.82. The van der Waals surface area contributed by atoms with Gasteiger partial charge in [-0.15, -0.1) is 0 Å². The highest BCUT2D eigenvalue weighted by Crippen LogP contribution is 2.14. The number of benzene rings is 1. The van der Waals surface area contributed by atoms with Gasteiger partial charge in [-0.3, -0.25) is 4.79 Å². The van der Waals surface area contributed by atoms with Gasteiger partial charge in [-0.05, 0) is 12.1 Å². The van der Waals surface area contributed by atoms with Crippen LogP contribution in [0.1, 0.15) is 10.4 Å². The maximum atomic E-state index is 11.5. The van der Waals surface area contributed by atoms with Gasteiger partial charge in [0, 0.05) is 5.03 Å². The van der Waals surface area contributed by atoms with Crippen LogP contribution in [-0.2, 0) is 0 Å². The molecule has 0 saturated heterocycles. The number of nitrogens with one attached hydrogen (secondary N) is 1. The first-order chi connectivity index (χ1) is 6.61. The molecule has 4 heteroatoms. The van der Waals surface area contributed by atoms with Gasteiger partial charge in [0.1, 0.15) is 0 Å². The minimum atomic E-state index is -0.252. The Morgan fingerprint density at radius 1 is 1.43 bits per heavy atom. The SMILES string of the molecule is C=C(Cl)CNC(=O)c1ccccc1Cl. The standard InChI is InChI=1S/C10H9Cl2NO/c1-7(11)6-13-10(14)8-4-2-3-5-9(8)12/h2-5H,1,6H2,(H,13,14).